The third-order valence-corrected chi connectivity index (χ3v) is 3.47. The summed E-state index contributed by atoms with van der Waals surface area (Å²) >= 11 is 0. The van der Waals surface area contributed by atoms with Gasteiger partial charge in [0.2, 0.25) is 0 Å². The van der Waals surface area contributed by atoms with Crippen LogP contribution in [0.2, 0.25) is 0 Å². The van der Waals surface area contributed by atoms with Gasteiger partial charge in [0.1, 0.15) is 0 Å². The molecule has 14 heavy (non-hydrogen) atoms. The van der Waals surface area contributed by atoms with Gasteiger partial charge in [0.05, 0.1) is 0 Å². The molecule has 0 N–H and O–H groups in total. The van der Waals surface area contributed by atoms with Crippen LogP contribution in [0.4, 0.5) is 0 Å². The minimum Gasteiger partial charge on any atom is -0.385 e. The standard InChI is InChI=1S/C12H23NO/c1-4-12(9-11-14-3)8-6-7-10-13(12)5-2/h6-7H,4-5,8-11H2,1-3H3/t12-/m1/s1. The van der Waals surface area contributed by atoms with Crippen molar-refractivity contribution in [3.05, 3.63) is 12.2 Å². The predicted molar refractivity (Wildman–Crippen MR) is 60.5 cm³/mol. The van der Waals surface area contributed by atoms with E-state index in [0.29, 0.717) is 5.54 Å². The molecule has 82 valence electrons. The van der Waals surface area contributed by atoms with Crippen LogP contribution in [-0.2, 0) is 4.74 Å². The normalized spacial score (nSPS) is 28.2. The first-order chi connectivity index (χ1) is 6.79. The highest BCUT2D eigenvalue weighted by molar-refractivity contribution is 5.04. The van der Waals surface area contributed by atoms with Crippen LogP contribution in [0.5, 0.6) is 0 Å². The van der Waals surface area contributed by atoms with Crippen molar-refractivity contribution >= 4 is 0 Å². The highest BCUT2D eigenvalue weighted by atomic mass is 16.5. The summed E-state index contributed by atoms with van der Waals surface area (Å²) in [6.45, 7) is 7.65. The summed E-state index contributed by atoms with van der Waals surface area (Å²) in [6.07, 6.45) is 8.16. The van der Waals surface area contributed by atoms with Crippen LogP contribution in [-0.4, -0.2) is 37.2 Å². The van der Waals surface area contributed by atoms with Crippen molar-refractivity contribution in [1.29, 1.82) is 0 Å². The first-order valence-corrected chi connectivity index (χ1v) is 5.68. The first kappa shape index (κ1) is 11.7. The van der Waals surface area contributed by atoms with Gasteiger partial charge < -0.3 is 4.74 Å². The number of hydrogen-bond acceptors (Lipinski definition) is 2. The molecule has 1 rings (SSSR count). The lowest BCUT2D eigenvalue weighted by Gasteiger charge is -2.44. The first-order valence-electron chi connectivity index (χ1n) is 5.68. The Hall–Kier alpha value is -0.340. The molecular formula is C12H23NO. The Morgan fingerprint density at radius 3 is 2.71 bits per heavy atom. The van der Waals surface area contributed by atoms with Crippen LogP contribution in [0, 0.1) is 0 Å². The topological polar surface area (TPSA) is 12.5 Å². The minimum absolute atomic E-state index is 0.361. The van der Waals surface area contributed by atoms with Crippen LogP contribution in [0.15, 0.2) is 12.2 Å². The average Bonchev–Trinajstić information content (AvgIpc) is 2.26. The molecule has 1 atom stereocenters. The maximum Gasteiger partial charge on any atom is 0.0480 e. The van der Waals surface area contributed by atoms with Gasteiger partial charge in [-0.1, -0.05) is 26.0 Å². The second kappa shape index (κ2) is 5.52. The van der Waals surface area contributed by atoms with Crippen LogP contribution >= 0.6 is 0 Å². The van der Waals surface area contributed by atoms with Crippen molar-refractivity contribution in [1.82, 2.24) is 4.90 Å². The predicted octanol–water partition coefficient (Wildman–Crippen LogP) is 2.45. The van der Waals surface area contributed by atoms with Crippen molar-refractivity contribution < 1.29 is 4.74 Å². The number of ether oxygens (including phenoxy) is 1. The van der Waals surface area contributed by atoms with Gasteiger partial charge in [-0.3, -0.25) is 4.90 Å². The summed E-state index contributed by atoms with van der Waals surface area (Å²) in [6, 6.07) is 0. The molecule has 0 aliphatic carbocycles. The quantitative estimate of drug-likeness (QED) is 0.628. The molecule has 0 aromatic heterocycles. The SMILES string of the molecule is CCN1CC=CC[C@]1(CC)CCOC. The molecule has 0 bridgehead atoms. The fourth-order valence-electron chi connectivity index (χ4n) is 2.39. The zero-order chi connectivity index (χ0) is 10.4. The van der Waals surface area contributed by atoms with Crippen molar-refractivity contribution in [2.75, 3.05) is 26.8 Å². The second-order valence-corrected chi connectivity index (χ2v) is 4.03. The van der Waals surface area contributed by atoms with Crippen LogP contribution < -0.4 is 0 Å². The van der Waals surface area contributed by atoms with E-state index in [-0.39, 0.29) is 0 Å². The molecule has 1 heterocycles. The third kappa shape index (κ3) is 2.37. The van der Waals surface area contributed by atoms with Gasteiger partial charge in [0.25, 0.3) is 0 Å². The zero-order valence-electron chi connectivity index (χ0n) is 9.75. The van der Waals surface area contributed by atoms with E-state index in [2.05, 4.69) is 30.9 Å². The lowest BCUT2D eigenvalue weighted by Crippen LogP contribution is -2.50. The van der Waals surface area contributed by atoms with Crippen molar-refractivity contribution in [2.45, 2.75) is 38.6 Å². The molecule has 0 spiro atoms. The Morgan fingerprint density at radius 2 is 2.14 bits per heavy atom. The maximum absolute atomic E-state index is 5.21. The summed E-state index contributed by atoms with van der Waals surface area (Å²) in [5, 5.41) is 0. The summed E-state index contributed by atoms with van der Waals surface area (Å²) in [5.41, 5.74) is 0.361. The molecule has 0 amide bonds. The Labute approximate surface area is 87.9 Å². The fourth-order valence-corrected chi connectivity index (χ4v) is 2.39. The van der Waals surface area contributed by atoms with E-state index in [0.717, 1.165) is 26.1 Å². The van der Waals surface area contributed by atoms with Gasteiger partial charge in [0.15, 0.2) is 0 Å². The highest BCUT2D eigenvalue weighted by Crippen LogP contribution is 2.31. The van der Waals surface area contributed by atoms with Crippen LogP contribution in [0.25, 0.3) is 0 Å². The molecule has 0 saturated heterocycles. The number of methoxy groups -OCH3 is 1. The number of nitrogens with zero attached hydrogens (tertiary/aromatic N) is 1. The number of rotatable bonds is 5. The lowest BCUT2D eigenvalue weighted by molar-refractivity contribution is 0.0548. The Kier molecular flexibility index (Phi) is 4.63. The summed E-state index contributed by atoms with van der Waals surface area (Å²) in [7, 11) is 1.79. The van der Waals surface area contributed by atoms with E-state index < -0.39 is 0 Å². The van der Waals surface area contributed by atoms with Crippen LogP contribution in [0.1, 0.15) is 33.1 Å². The monoisotopic (exact) mass is 197 g/mol. The maximum atomic E-state index is 5.21. The molecule has 1 aliphatic rings. The molecule has 2 heteroatoms. The summed E-state index contributed by atoms with van der Waals surface area (Å²) in [4.78, 5) is 2.58. The number of likely N-dealkylation sites (N-methyl/N-ethyl adjacent to an activating group) is 1. The number of hydrogen-bond donors (Lipinski definition) is 0. The minimum atomic E-state index is 0.361. The van der Waals surface area contributed by atoms with Crippen molar-refractivity contribution in [3.63, 3.8) is 0 Å². The molecule has 0 fully saturated rings. The summed E-state index contributed by atoms with van der Waals surface area (Å²) < 4.78 is 5.21. The van der Waals surface area contributed by atoms with E-state index in [9.17, 15) is 0 Å². The Balaban J connectivity index is 2.67. The van der Waals surface area contributed by atoms with E-state index in [1.807, 2.05) is 0 Å². The van der Waals surface area contributed by atoms with Gasteiger partial charge in [-0.15, -0.1) is 0 Å². The average molecular weight is 197 g/mol. The third-order valence-electron chi connectivity index (χ3n) is 3.47. The second-order valence-electron chi connectivity index (χ2n) is 4.03. The van der Waals surface area contributed by atoms with Gasteiger partial charge in [-0.05, 0) is 25.8 Å². The molecule has 0 radical (unpaired) electrons. The fraction of sp³-hybridized carbons (Fsp3) is 0.833. The molecule has 2 nitrogen and oxygen atoms in total. The summed E-state index contributed by atoms with van der Waals surface area (Å²) in [5.74, 6) is 0. The van der Waals surface area contributed by atoms with E-state index in [1.165, 1.54) is 12.8 Å². The smallest absolute Gasteiger partial charge is 0.0480 e. The molecular weight excluding hydrogens is 174 g/mol. The largest absolute Gasteiger partial charge is 0.385 e. The molecule has 0 aromatic rings. The van der Waals surface area contributed by atoms with Gasteiger partial charge in [0, 0.05) is 25.8 Å². The lowest BCUT2D eigenvalue weighted by atomic mass is 9.84. The molecule has 0 unspecified atom stereocenters. The Bertz CT molecular complexity index is 191. The Morgan fingerprint density at radius 1 is 1.36 bits per heavy atom. The van der Waals surface area contributed by atoms with Gasteiger partial charge in [-0.2, -0.15) is 0 Å². The van der Waals surface area contributed by atoms with E-state index in [1.54, 1.807) is 7.11 Å². The van der Waals surface area contributed by atoms with Crippen molar-refractivity contribution in [3.8, 4) is 0 Å². The van der Waals surface area contributed by atoms with Gasteiger partial charge >= 0.3 is 0 Å². The molecule has 0 aromatic carbocycles. The van der Waals surface area contributed by atoms with Gasteiger partial charge in [-0.25, -0.2) is 0 Å². The highest BCUT2D eigenvalue weighted by Gasteiger charge is 2.33. The molecule has 1 aliphatic heterocycles. The molecule has 0 saturated carbocycles. The van der Waals surface area contributed by atoms with Crippen molar-refractivity contribution in [2.24, 2.45) is 0 Å². The van der Waals surface area contributed by atoms with E-state index >= 15 is 0 Å². The van der Waals surface area contributed by atoms with E-state index in [4.69, 9.17) is 4.74 Å². The zero-order valence-corrected chi connectivity index (χ0v) is 9.75. The van der Waals surface area contributed by atoms with Crippen LogP contribution in [0.3, 0.4) is 0 Å².